The molecule has 0 aliphatic carbocycles. The fraction of sp³-hybridized carbons (Fsp3) is 0.100. The molecule has 3 rings (SSSR count). The highest BCUT2D eigenvalue weighted by Crippen LogP contribution is 2.31. The monoisotopic (exact) mass is 604 g/mol. The number of carbonyl (C=O) groups is 2. The summed E-state index contributed by atoms with van der Waals surface area (Å²) in [4.78, 5) is 25.2. The Balaban J connectivity index is 1.80. The van der Waals surface area contributed by atoms with Crippen molar-refractivity contribution in [3.05, 3.63) is 78.8 Å². The Morgan fingerprint density at radius 3 is 2.50 bits per heavy atom. The molecule has 3 amide bonds. The zero-order valence-electron chi connectivity index (χ0n) is 14.5. The maximum absolute atomic E-state index is 13.8. The Hall–Kier alpha value is -1.95. The molecule has 0 aromatic heterocycles. The van der Waals surface area contributed by atoms with Crippen LogP contribution in [0.2, 0.25) is 0 Å². The SMILES string of the molecule is C=CCN1C(=O)N/C(=C/c2cc(I)c(OCc3ccccc3F)c(I)c2)C1=O. The summed E-state index contributed by atoms with van der Waals surface area (Å²) in [5.41, 5.74) is 1.43. The number of amides is 3. The molecule has 0 bridgehead atoms. The molecular weight excluding hydrogens is 589 g/mol. The normalized spacial score (nSPS) is 15.1. The third-order valence-electron chi connectivity index (χ3n) is 3.94. The lowest BCUT2D eigenvalue weighted by Crippen LogP contribution is -2.30. The van der Waals surface area contributed by atoms with Crippen molar-refractivity contribution in [2.45, 2.75) is 6.61 Å². The minimum Gasteiger partial charge on any atom is -0.487 e. The molecular formula is C20H15FI2N2O3. The van der Waals surface area contributed by atoms with Crippen molar-refractivity contribution in [1.29, 1.82) is 0 Å². The second-order valence-corrected chi connectivity index (χ2v) is 8.21. The van der Waals surface area contributed by atoms with Crippen LogP contribution in [0.25, 0.3) is 6.08 Å². The van der Waals surface area contributed by atoms with E-state index in [0.29, 0.717) is 11.3 Å². The van der Waals surface area contributed by atoms with Gasteiger partial charge in [-0.1, -0.05) is 24.3 Å². The largest absolute Gasteiger partial charge is 0.487 e. The molecule has 144 valence electrons. The van der Waals surface area contributed by atoms with E-state index in [2.05, 4.69) is 57.1 Å². The fourth-order valence-electron chi connectivity index (χ4n) is 2.60. The summed E-state index contributed by atoms with van der Waals surface area (Å²) in [6, 6.07) is 9.67. The van der Waals surface area contributed by atoms with Crippen LogP contribution in [0.3, 0.4) is 0 Å². The smallest absolute Gasteiger partial charge is 0.329 e. The lowest BCUT2D eigenvalue weighted by molar-refractivity contribution is -0.122. The Kier molecular flexibility index (Phi) is 6.70. The molecule has 28 heavy (non-hydrogen) atoms. The lowest BCUT2D eigenvalue weighted by atomic mass is 10.2. The first kappa shape index (κ1) is 20.8. The molecule has 1 N–H and O–H groups in total. The van der Waals surface area contributed by atoms with Gasteiger partial charge in [-0.3, -0.25) is 9.69 Å². The van der Waals surface area contributed by atoms with E-state index in [4.69, 9.17) is 4.74 Å². The van der Waals surface area contributed by atoms with E-state index in [1.54, 1.807) is 24.3 Å². The molecule has 8 heteroatoms. The summed E-state index contributed by atoms with van der Waals surface area (Å²) in [5.74, 6) is -0.0649. The Morgan fingerprint density at radius 2 is 1.86 bits per heavy atom. The van der Waals surface area contributed by atoms with Gasteiger partial charge in [-0.25, -0.2) is 9.18 Å². The first-order valence-corrected chi connectivity index (χ1v) is 10.4. The van der Waals surface area contributed by atoms with Gasteiger partial charge in [0.25, 0.3) is 5.91 Å². The Morgan fingerprint density at radius 1 is 1.18 bits per heavy atom. The Labute approximate surface area is 188 Å². The van der Waals surface area contributed by atoms with E-state index < -0.39 is 11.9 Å². The molecule has 2 aromatic rings. The van der Waals surface area contributed by atoms with Crippen molar-refractivity contribution < 1.29 is 18.7 Å². The maximum Gasteiger partial charge on any atom is 0.329 e. The van der Waals surface area contributed by atoms with Gasteiger partial charge in [0.1, 0.15) is 23.9 Å². The van der Waals surface area contributed by atoms with Gasteiger partial charge in [-0.15, -0.1) is 6.58 Å². The van der Waals surface area contributed by atoms with Crippen LogP contribution in [0.15, 0.2) is 54.8 Å². The topological polar surface area (TPSA) is 58.6 Å². The molecule has 2 aromatic carbocycles. The standard InChI is InChI=1S/C20H15FI2N2O3/c1-2-7-25-19(26)17(24-20(25)27)10-12-8-15(22)18(16(23)9-12)28-11-13-5-3-4-6-14(13)21/h2-6,8-10H,1,7,11H2,(H,24,27)/b17-10+. The van der Waals surface area contributed by atoms with Gasteiger partial charge in [0, 0.05) is 12.1 Å². The van der Waals surface area contributed by atoms with Gasteiger partial charge in [0.15, 0.2) is 0 Å². The lowest BCUT2D eigenvalue weighted by Gasteiger charge is -2.12. The van der Waals surface area contributed by atoms with Gasteiger partial charge in [-0.2, -0.15) is 0 Å². The number of imide groups is 1. The van der Waals surface area contributed by atoms with Crippen molar-refractivity contribution in [2.24, 2.45) is 0 Å². The van der Waals surface area contributed by atoms with E-state index in [0.717, 1.165) is 17.6 Å². The number of ether oxygens (including phenoxy) is 1. The zero-order chi connectivity index (χ0) is 20.3. The Bertz CT molecular complexity index is 968. The highest BCUT2D eigenvalue weighted by Gasteiger charge is 2.32. The predicted octanol–water partition coefficient (Wildman–Crippen LogP) is 4.69. The molecule has 1 heterocycles. The van der Waals surface area contributed by atoms with Crippen LogP contribution >= 0.6 is 45.2 Å². The molecule has 5 nitrogen and oxygen atoms in total. The van der Waals surface area contributed by atoms with Crippen LogP contribution in [-0.2, 0) is 11.4 Å². The van der Waals surface area contributed by atoms with Crippen molar-refractivity contribution in [3.8, 4) is 5.75 Å². The zero-order valence-corrected chi connectivity index (χ0v) is 18.9. The first-order valence-electron chi connectivity index (χ1n) is 8.21. The number of nitrogens with one attached hydrogen (secondary N) is 1. The maximum atomic E-state index is 13.8. The summed E-state index contributed by atoms with van der Waals surface area (Å²) in [5, 5.41) is 2.57. The summed E-state index contributed by atoms with van der Waals surface area (Å²) in [7, 11) is 0. The van der Waals surface area contributed by atoms with E-state index in [1.807, 2.05) is 12.1 Å². The number of nitrogens with zero attached hydrogens (tertiary/aromatic N) is 1. The molecule has 1 aliphatic heterocycles. The molecule has 0 radical (unpaired) electrons. The fourth-order valence-corrected chi connectivity index (χ4v) is 4.73. The summed E-state index contributed by atoms with van der Waals surface area (Å²) >= 11 is 4.26. The van der Waals surface area contributed by atoms with Crippen molar-refractivity contribution in [2.75, 3.05) is 6.54 Å². The molecule has 1 aliphatic rings. The highest BCUT2D eigenvalue weighted by atomic mass is 127. The number of carbonyl (C=O) groups excluding carboxylic acids is 2. The third-order valence-corrected chi connectivity index (χ3v) is 5.54. The van der Waals surface area contributed by atoms with E-state index in [9.17, 15) is 14.0 Å². The third kappa shape index (κ3) is 4.54. The van der Waals surface area contributed by atoms with Crippen molar-refractivity contribution >= 4 is 63.2 Å². The van der Waals surface area contributed by atoms with Crippen LogP contribution in [0.5, 0.6) is 5.75 Å². The van der Waals surface area contributed by atoms with Gasteiger partial charge in [0.2, 0.25) is 0 Å². The minimum atomic E-state index is -0.467. The van der Waals surface area contributed by atoms with Crippen LogP contribution in [-0.4, -0.2) is 23.4 Å². The second-order valence-electron chi connectivity index (χ2n) is 5.89. The highest BCUT2D eigenvalue weighted by molar-refractivity contribution is 14.1. The number of hydrogen-bond acceptors (Lipinski definition) is 3. The summed E-state index contributed by atoms with van der Waals surface area (Å²) in [6.45, 7) is 3.81. The van der Waals surface area contributed by atoms with E-state index in [1.165, 1.54) is 12.1 Å². The number of rotatable bonds is 6. The van der Waals surface area contributed by atoms with Crippen molar-refractivity contribution in [1.82, 2.24) is 10.2 Å². The summed E-state index contributed by atoms with van der Waals surface area (Å²) < 4.78 is 21.2. The van der Waals surface area contributed by atoms with Gasteiger partial charge >= 0.3 is 6.03 Å². The first-order chi connectivity index (χ1) is 13.4. The van der Waals surface area contributed by atoms with Gasteiger partial charge in [-0.05, 0) is 75.0 Å². The molecule has 0 spiro atoms. The van der Waals surface area contributed by atoms with E-state index >= 15 is 0 Å². The molecule has 1 fully saturated rings. The second kappa shape index (κ2) is 9.03. The van der Waals surface area contributed by atoms with E-state index in [-0.39, 0.29) is 24.7 Å². The minimum absolute atomic E-state index is 0.115. The van der Waals surface area contributed by atoms with Crippen LogP contribution in [0.4, 0.5) is 9.18 Å². The average Bonchev–Trinajstić information content (AvgIpc) is 2.90. The molecule has 0 unspecified atom stereocenters. The predicted molar refractivity (Wildman–Crippen MR) is 121 cm³/mol. The van der Waals surface area contributed by atoms with Crippen molar-refractivity contribution in [3.63, 3.8) is 0 Å². The average molecular weight is 604 g/mol. The molecule has 1 saturated heterocycles. The quantitative estimate of drug-likeness (QED) is 0.226. The van der Waals surface area contributed by atoms with Gasteiger partial charge in [0.05, 0.1) is 7.14 Å². The number of urea groups is 1. The number of benzene rings is 2. The molecule has 0 saturated carbocycles. The van der Waals surface area contributed by atoms with Crippen LogP contribution in [0, 0.1) is 13.0 Å². The number of hydrogen-bond donors (Lipinski definition) is 1. The van der Waals surface area contributed by atoms with Crippen LogP contribution < -0.4 is 10.1 Å². The number of halogens is 3. The molecule has 0 atom stereocenters. The van der Waals surface area contributed by atoms with Gasteiger partial charge < -0.3 is 10.1 Å². The summed E-state index contributed by atoms with van der Waals surface area (Å²) in [6.07, 6.45) is 3.11. The van der Waals surface area contributed by atoms with Crippen LogP contribution in [0.1, 0.15) is 11.1 Å².